The minimum Gasteiger partial charge on any atom is -0.383 e. The molecule has 2 rings (SSSR count). The van der Waals surface area contributed by atoms with Crippen LogP contribution in [0.3, 0.4) is 0 Å². The first-order chi connectivity index (χ1) is 11.1. The van der Waals surface area contributed by atoms with E-state index in [0.717, 1.165) is 32.5 Å². The van der Waals surface area contributed by atoms with Gasteiger partial charge in [-0.15, -0.1) is 0 Å². The monoisotopic (exact) mass is 323 g/mol. The fourth-order valence-electron chi connectivity index (χ4n) is 2.91. The standard InChI is InChI=1S/C17H26FN3O2/c1-20(10-11-23-2)13-15-7-5-9-21(15)17(22)19-12-14-6-3-4-8-16(14)18/h3-4,6,8,15H,5,7,9-13H2,1-2H3,(H,19,22)/t15-/m0/s1. The second-order valence-electron chi connectivity index (χ2n) is 5.99. The van der Waals surface area contributed by atoms with Crippen molar-refractivity contribution < 1.29 is 13.9 Å². The molecule has 0 radical (unpaired) electrons. The maximum atomic E-state index is 13.6. The lowest BCUT2D eigenvalue weighted by Gasteiger charge is -2.28. The van der Waals surface area contributed by atoms with Crippen LogP contribution in [0.2, 0.25) is 0 Å². The molecule has 1 aromatic rings. The lowest BCUT2D eigenvalue weighted by atomic mass is 10.2. The Morgan fingerprint density at radius 2 is 2.26 bits per heavy atom. The highest BCUT2D eigenvalue weighted by Gasteiger charge is 2.29. The van der Waals surface area contributed by atoms with E-state index in [4.69, 9.17) is 4.74 Å². The number of rotatable bonds is 7. The Morgan fingerprint density at radius 3 is 3.00 bits per heavy atom. The predicted molar refractivity (Wildman–Crippen MR) is 87.7 cm³/mol. The maximum Gasteiger partial charge on any atom is 0.317 e. The molecule has 0 spiro atoms. The van der Waals surface area contributed by atoms with Gasteiger partial charge in [-0.1, -0.05) is 18.2 Å². The van der Waals surface area contributed by atoms with Gasteiger partial charge in [0, 0.05) is 44.9 Å². The van der Waals surface area contributed by atoms with Gasteiger partial charge in [-0.05, 0) is 26.0 Å². The van der Waals surface area contributed by atoms with Crippen LogP contribution in [-0.2, 0) is 11.3 Å². The molecule has 5 nitrogen and oxygen atoms in total. The van der Waals surface area contributed by atoms with Gasteiger partial charge in [0.2, 0.25) is 0 Å². The van der Waals surface area contributed by atoms with Gasteiger partial charge in [0.25, 0.3) is 0 Å². The van der Waals surface area contributed by atoms with Gasteiger partial charge in [-0.3, -0.25) is 0 Å². The Labute approximate surface area is 137 Å². The largest absolute Gasteiger partial charge is 0.383 e. The first-order valence-corrected chi connectivity index (χ1v) is 8.07. The maximum absolute atomic E-state index is 13.6. The Morgan fingerprint density at radius 1 is 1.48 bits per heavy atom. The summed E-state index contributed by atoms with van der Waals surface area (Å²) in [5.41, 5.74) is 0.508. The second kappa shape index (κ2) is 8.84. The van der Waals surface area contributed by atoms with E-state index in [1.54, 1.807) is 25.3 Å². The van der Waals surface area contributed by atoms with Gasteiger partial charge in [0.1, 0.15) is 5.82 Å². The lowest BCUT2D eigenvalue weighted by molar-refractivity contribution is 0.140. The number of carbonyl (C=O) groups excluding carboxylic acids is 1. The summed E-state index contributed by atoms with van der Waals surface area (Å²) in [6.45, 7) is 3.33. The molecule has 1 aliphatic heterocycles. The van der Waals surface area contributed by atoms with E-state index in [9.17, 15) is 9.18 Å². The number of likely N-dealkylation sites (tertiary alicyclic amines) is 1. The number of likely N-dealkylation sites (N-methyl/N-ethyl adjacent to an activating group) is 1. The van der Waals surface area contributed by atoms with Gasteiger partial charge in [-0.25, -0.2) is 9.18 Å². The van der Waals surface area contributed by atoms with Crippen LogP contribution in [0.1, 0.15) is 18.4 Å². The molecule has 2 amide bonds. The number of nitrogens with zero attached hydrogens (tertiary/aromatic N) is 2. The minimum atomic E-state index is -0.287. The highest BCUT2D eigenvalue weighted by atomic mass is 19.1. The SMILES string of the molecule is COCCN(C)C[C@@H]1CCCN1C(=O)NCc1ccccc1F. The molecule has 1 aliphatic rings. The Balaban J connectivity index is 1.84. The van der Waals surface area contributed by atoms with Gasteiger partial charge in [-0.2, -0.15) is 0 Å². The zero-order valence-corrected chi connectivity index (χ0v) is 13.9. The van der Waals surface area contributed by atoms with E-state index in [1.807, 2.05) is 11.9 Å². The molecule has 0 unspecified atom stereocenters. The van der Waals surface area contributed by atoms with Crippen molar-refractivity contribution in [1.29, 1.82) is 0 Å². The van der Waals surface area contributed by atoms with Crippen LogP contribution in [0.5, 0.6) is 0 Å². The number of halogens is 1. The number of carbonyl (C=O) groups is 1. The van der Waals surface area contributed by atoms with Gasteiger partial charge < -0.3 is 19.9 Å². The van der Waals surface area contributed by atoms with Crippen LogP contribution >= 0.6 is 0 Å². The van der Waals surface area contributed by atoms with Crippen LogP contribution in [0.4, 0.5) is 9.18 Å². The molecule has 0 aromatic heterocycles. The molecule has 1 atom stereocenters. The first-order valence-electron chi connectivity index (χ1n) is 8.07. The molecule has 0 bridgehead atoms. The fourth-order valence-corrected chi connectivity index (χ4v) is 2.91. The molecule has 1 aromatic carbocycles. The van der Waals surface area contributed by atoms with E-state index >= 15 is 0 Å². The highest BCUT2D eigenvalue weighted by Crippen LogP contribution is 2.18. The summed E-state index contributed by atoms with van der Waals surface area (Å²) in [7, 11) is 3.72. The van der Waals surface area contributed by atoms with Crippen LogP contribution < -0.4 is 5.32 Å². The molecule has 1 heterocycles. The summed E-state index contributed by atoms with van der Waals surface area (Å²) >= 11 is 0. The summed E-state index contributed by atoms with van der Waals surface area (Å²) in [5, 5.41) is 2.83. The number of nitrogens with one attached hydrogen (secondary N) is 1. The van der Waals surface area contributed by atoms with E-state index in [0.29, 0.717) is 12.2 Å². The van der Waals surface area contributed by atoms with Gasteiger partial charge in [0.15, 0.2) is 0 Å². The summed E-state index contributed by atoms with van der Waals surface area (Å²) < 4.78 is 18.7. The molecule has 23 heavy (non-hydrogen) atoms. The summed E-state index contributed by atoms with van der Waals surface area (Å²) in [4.78, 5) is 16.4. The topological polar surface area (TPSA) is 44.8 Å². The van der Waals surface area contributed by atoms with E-state index < -0.39 is 0 Å². The third-order valence-electron chi connectivity index (χ3n) is 4.23. The number of hydrogen-bond donors (Lipinski definition) is 1. The minimum absolute atomic E-state index is 0.115. The quantitative estimate of drug-likeness (QED) is 0.835. The van der Waals surface area contributed by atoms with Gasteiger partial charge in [0.05, 0.1) is 6.61 Å². The molecule has 128 valence electrons. The molecule has 0 aliphatic carbocycles. The lowest BCUT2D eigenvalue weighted by Crippen LogP contribution is -2.47. The average molecular weight is 323 g/mol. The molecule has 1 saturated heterocycles. The van der Waals surface area contributed by atoms with E-state index in [-0.39, 0.29) is 24.4 Å². The van der Waals surface area contributed by atoms with E-state index in [1.165, 1.54) is 6.07 Å². The number of methoxy groups -OCH3 is 1. The molecular weight excluding hydrogens is 297 g/mol. The normalized spacial score (nSPS) is 17.7. The third kappa shape index (κ3) is 5.18. The van der Waals surface area contributed by atoms with Crippen LogP contribution in [-0.4, -0.2) is 62.3 Å². The van der Waals surface area contributed by atoms with Crippen molar-refractivity contribution in [2.24, 2.45) is 0 Å². The first kappa shape index (κ1) is 17.7. The number of urea groups is 1. The predicted octanol–water partition coefficient (Wildman–Crippen LogP) is 2.08. The molecule has 1 fully saturated rings. The summed E-state index contributed by atoms with van der Waals surface area (Å²) in [5.74, 6) is -0.287. The number of ether oxygens (including phenoxy) is 1. The fraction of sp³-hybridized carbons (Fsp3) is 0.588. The van der Waals surface area contributed by atoms with Crippen molar-refractivity contribution >= 4 is 6.03 Å². The second-order valence-corrected chi connectivity index (χ2v) is 5.99. The molecular formula is C17H26FN3O2. The van der Waals surface area contributed by atoms with Crippen molar-refractivity contribution in [3.05, 3.63) is 35.6 Å². The molecule has 1 N–H and O–H groups in total. The van der Waals surface area contributed by atoms with Crippen molar-refractivity contribution in [3.63, 3.8) is 0 Å². The number of amides is 2. The zero-order valence-electron chi connectivity index (χ0n) is 13.9. The van der Waals surface area contributed by atoms with Crippen molar-refractivity contribution in [1.82, 2.24) is 15.1 Å². The van der Waals surface area contributed by atoms with Crippen molar-refractivity contribution in [2.75, 3.05) is 40.4 Å². The van der Waals surface area contributed by atoms with E-state index in [2.05, 4.69) is 10.2 Å². The highest BCUT2D eigenvalue weighted by molar-refractivity contribution is 5.74. The Kier molecular flexibility index (Phi) is 6.80. The third-order valence-corrected chi connectivity index (χ3v) is 4.23. The van der Waals surface area contributed by atoms with Crippen molar-refractivity contribution in [2.45, 2.75) is 25.4 Å². The number of benzene rings is 1. The Bertz CT molecular complexity index is 512. The van der Waals surface area contributed by atoms with Crippen molar-refractivity contribution in [3.8, 4) is 0 Å². The molecule has 6 heteroatoms. The summed E-state index contributed by atoms with van der Waals surface area (Å²) in [6, 6.07) is 6.61. The summed E-state index contributed by atoms with van der Waals surface area (Å²) in [6.07, 6.45) is 2.01. The smallest absolute Gasteiger partial charge is 0.317 e. The van der Waals surface area contributed by atoms with Crippen LogP contribution in [0, 0.1) is 5.82 Å². The zero-order chi connectivity index (χ0) is 16.7. The average Bonchev–Trinajstić information content (AvgIpc) is 3.00. The number of hydrogen-bond acceptors (Lipinski definition) is 3. The van der Waals surface area contributed by atoms with Gasteiger partial charge >= 0.3 is 6.03 Å². The van der Waals surface area contributed by atoms with Crippen LogP contribution in [0.15, 0.2) is 24.3 Å². The Hall–Kier alpha value is -1.66. The molecule has 0 saturated carbocycles. The van der Waals surface area contributed by atoms with Crippen LogP contribution in [0.25, 0.3) is 0 Å².